The van der Waals surface area contributed by atoms with E-state index >= 15 is 0 Å². The maximum absolute atomic E-state index is 12.4. The summed E-state index contributed by atoms with van der Waals surface area (Å²) in [6, 6.07) is 13.7. The number of carbonyl (C=O) groups excluding carboxylic acids is 1. The van der Waals surface area contributed by atoms with Crippen molar-refractivity contribution in [3.63, 3.8) is 0 Å². The maximum Gasteiger partial charge on any atom is 0.274 e. The van der Waals surface area contributed by atoms with Crippen molar-refractivity contribution in [3.05, 3.63) is 70.5 Å². The number of rotatable bonds is 5. The van der Waals surface area contributed by atoms with Crippen LogP contribution < -0.4 is 15.4 Å². The Morgan fingerprint density at radius 1 is 1.08 bits per heavy atom. The first-order valence-corrected chi connectivity index (χ1v) is 8.32. The van der Waals surface area contributed by atoms with Crippen LogP contribution in [0.4, 0.5) is 17.3 Å². The average Bonchev–Trinajstić information content (AvgIpc) is 2.64. The Labute approximate surface area is 160 Å². The van der Waals surface area contributed by atoms with Crippen LogP contribution in [0.25, 0.3) is 0 Å². The molecule has 2 N–H and O–H groups in total. The molecule has 0 aliphatic carbocycles. The summed E-state index contributed by atoms with van der Waals surface area (Å²) in [7, 11) is 1.52. The van der Waals surface area contributed by atoms with Gasteiger partial charge in [-0.1, -0.05) is 35.3 Å². The Balaban J connectivity index is 1.76. The molecule has 132 valence electrons. The van der Waals surface area contributed by atoms with Crippen molar-refractivity contribution in [2.45, 2.75) is 0 Å². The summed E-state index contributed by atoms with van der Waals surface area (Å²) in [5.41, 5.74) is 1.37. The van der Waals surface area contributed by atoms with Crippen LogP contribution in [0.2, 0.25) is 10.0 Å². The van der Waals surface area contributed by atoms with Crippen molar-refractivity contribution < 1.29 is 9.53 Å². The molecule has 26 heavy (non-hydrogen) atoms. The van der Waals surface area contributed by atoms with Crippen LogP contribution in [-0.2, 0) is 0 Å². The predicted molar refractivity (Wildman–Crippen MR) is 103 cm³/mol. The third-order valence-electron chi connectivity index (χ3n) is 3.42. The first-order chi connectivity index (χ1) is 12.6. The third-order valence-corrected chi connectivity index (χ3v) is 4.04. The van der Waals surface area contributed by atoms with E-state index in [4.69, 9.17) is 27.9 Å². The Bertz CT molecular complexity index is 950. The fourth-order valence-electron chi connectivity index (χ4n) is 2.17. The maximum atomic E-state index is 12.4. The van der Waals surface area contributed by atoms with E-state index in [9.17, 15) is 4.79 Å². The van der Waals surface area contributed by atoms with Gasteiger partial charge in [0.15, 0.2) is 0 Å². The first-order valence-electron chi connectivity index (χ1n) is 7.56. The van der Waals surface area contributed by atoms with Crippen LogP contribution in [0.3, 0.4) is 0 Å². The molecule has 8 heteroatoms. The number of hydrogen-bond donors (Lipinski definition) is 2. The molecule has 3 aromatic rings. The summed E-state index contributed by atoms with van der Waals surface area (Å²) >= 11 is 12.2. The van der Waals surface area contributed by atoms with Gasteiger partial charge < -0.3 is 15.4 Å². The normalized spacial score (nSPS) is 10.3. The summed E-state index contributed by atoms with van der Waals surface area (Å²) in [5.74, 6) is 0.396. The second-order valence-electron chi connectivity index (χ2n) is 5.17. The van der Waals surface area contributed by atoms with Crippen LogP contribution in [-0.4, -0.2) is 23.0 Å². The van der Waals surface area contributed by atoms with Crippen molar-refractivity contribution in [2.24, 2.45) is 0 Å². The van der Waals surface area contributed by atoms with E-state index in [1.165, 1.54) is 19.4 Å². The Morgan fingerprint density at radius 2 is 1.88 bits per heavy atom. The Kier molecular flexibility index (Phi) is 5.55. The van der Waals surface area contributed by atoms with E-state index in [1.807, 2.05) is 12.1 Å². The minimum atomic E-state index is -0.393. The number of para-hydroxylation sites is 1. The molecule has 1 amide bonds. The van der Waals surface area contributed by atoms with Gasteiger partial charge in [-0.05, 0) is 36.4 Å². The van der Waals surface area contributed by atoms with Gasteiger partial charge in [0.05, 0.1) is 22.8 Å². The summed E-state index contributed by atoms with van der Waals surface area (Å²) in [6.45, 7) is 0. The van der Waals surface area contributed by atoms with Crippen molar-refractivity contribution in [2.75, 3.05) is 17.7 Å². The number of amides is 1. The fourth-order valence-corrected chi connectivity index (χ4v) is 2.61. The average molecular weight is 389 g/mol. The van der Waals surface area contributed by atoms with Crippen molar-refractivity contribution in [1.82, 2.24) is 9.97 Å². The number of ether oxygens (including phenoxy) is 1. The molecule has 0 unspecified atom stereocenters. The van der Waals surface area contributed by atoms with Gasteiger partial charge in [0.1, 0.15) is 11.4 Å². The number of halogens is 2. The van der Waals surface area contributed by atoms with Crippen molar-refractivity contribution in [1.29, 1.82) is 0 Å². The van der Waals surface area contributed by atoms with Crippen LogP contribution in [0.15, 0.2) is 54.7 Å². The molecule has 2 aromatic carbocycles. The first kappa shape index (κ1) is 18.0. The highest BCUT2D eigenvalue weighted by molar-refractivity contribution is 6.33. The topological polar surface area (TPSA) is 76.1 Å². The molecule has 0 aliphatic rings. The quantitative estimate of drug-likeness (QED) is 0.656. The van der Waals surface area contributed by atoms with Gasteiger partial charge in [-0.3, -0.25) is 4.79 Å². The van der Waals surface area contributed by atoms with E-state index in [0.29, 0.717) is 27.2 Å². The molecule has 0 atom stereocenters. The smallest absolute Gasteiger partial charge is 0.274 e. The molecule has 6 nitrogen and oxygen atoms in total. The molecule has 1 heterocycles. The molecule has 0 spiro atoms. The third kappa shape index (κ3) is 4.22. The second-order valence-corrected chi connectivity index (χ2v) is 5.99. The zero-order valence-electron chi connectivity index (χ0n) is 13.7. The summed E-state index contributed by atoms with van der Waals surface area (Å²) in [6.07, 6.45) is 1.49. The van der Waals surface area contributed by atoms with Gasteiger partial charge in [-0.2, -0.15) is 0 Å². The zero-order valence-corrected chi connectivity index (χ0v) is 15.2. The van der Waals surface area contributed by atoms with Crippen molar-refractivity contribution in [3.8, 4) is 5.75 Å². The Hall–Kier alpha value is -2.83. The molecule has 3 rings (SSSR count). The van der Waals surface area contributed by atoms with E-state index in [1.54, 1.807) is 30.3 Å². The largest absolute Gasteiger partial charge is 0.495 e. The minimum absolute atomic E-state index is 0.196. The number of carbonyl (C=O) groups is 1. The number of nitrogens with zero attached hydrogens (tertiary/aromatic N) is 2. The molecular weight excluding hydrogens is 375 g/mol. The molecule has 0 saturated carbocycles. The summed E-state index contributed by atoms with van der Waals surface area (Å²) in [5, 5.41) is 6.64. The molecule has 0 bridgehead atoms. The molecule has 0 saturated heterocycles. The van der Waals surface area contributed by atoms with Crippen molar-refractivity contribution >= 4 is 46.4 Å². The number of nitrogens with one attached hydrogen (secondary N) is 2. The Morgan fingerprint density at radius 3 is 2.62 bits per heavy atom. The van der Waals surface area contributed by atoms with E-state index in [-0.39, 0.29) is 11.6 Å². The van der Waals surface area contributed by atoms with Gasteiger partial charge in [-0.25, -0.2) is 9.97 Å². The molecular formula is C18H14Cl2N4O2. The highest BCUT2D eigenvalue weighted by Crippen LogP contribution is 2.27. The van der Waals surface area contributed by atoms with Gasteiger partial charge in [0.2, 0.25) is 5.95 Å². The molecule has 0 fully saturated rings. The minimum Gasteiger partial charge on any atom is -0.495 e. The SMILES string of the molecule is COc1ccc(NC(=O)c2ccnc(Nc3ccccc3Cl)n2)cc1Cl. The van der Waals surface area contributed by atoms with E-state index in [2.05, 4.69) is 20.6 Å². The summed E-state index contributed by atoms with van der Waals surface area (Å²) < 4.78 is 5.09. The highest BCUT2D eigenvalue weighted by atomic mass is 35.5. The number of benzene rings is 2. The lowest BCUT2D eigenvalue weighted by molar-refractivity contribution is 0.102. The number of anilines is 3. The van der Waals surface area contributed by atoms with Crippen LogP contribution in [0.5, 0.6) is 5.75 Å². The van der Waals surface area contributed by atoms with Crippen LogP contribution >= 0.6 is 23.2 Å². The number of methoxy groups -OCH3 is 1. The summed E-state index contributed by atoms with van der Waals surface area (Å²) in [4.78, 5) is 20.7. The lowest BCUT2D eigenvalue weighted by Gasteiger charge is -2.09. The monoisotopic (exact) mass is 388 g/mol. The van der Waals surface area contributed by atoms with Gasteiger partial charge in [0.25, 0.3) is 5.91 Å². The fraction of sp³-hybridized carbons (Fsp3) is 0.0556. The molecule has 0 radical (unpaired) electrons. The van der Waals surface area contributed by atoms with Crippen LogP contribution in [0, 0.1) is 0 Å². The van der Waals surface area contributed by atoms with Gasteiger partial charge >= 0.3 is 0 Å². The standard InChI is InChI=1S/C18H14Cl2N4O2/c1-26-16-7-6-11(10-13(16)20)22-17(25)15-8-9-21-18(24-15)23-14-5-3-2-4-12(14)19/h2-10H,1H3,(H,22,25)(H,21,23,24). The number of hydrogen-bond acceptors (Lipinski definition) is 5. The lowest BCUT2D eigenvalue weighted by Crippen LogP contribution is -2.14. The van der Waals surface area contributed by atoms with E-state index < -0.39 is 5.91 Å². The predicted octanol–water partition coefficient (Wildman–Crippen LogP) is 4.79. The zero-order chi connectivity index (χ0) is 18.5. The number of aromatic nitrogens is 2. The van der Waals surface area contributed by atoms with Crippen LogP contribution in [0.1, 0.15) is 10.5 Å². The van der Waals surface area contributed by atoms with Gasteiger partial charge in [-0.15, -0.1) is 0 Å². The highest BCUT2D eigenvalue weighted by Gasteiger charge is 2.11. The second kappa shape index (κ2) is 8.03. The van der Waals surface area contributed by atoms with E-state index in [0.717, 1.165) is 0 Å². The lowest BCUT2D eigenvalue weighted by atomic mass is 10.3. The molecule has 1 aromatic heterocycles. The molecule has 0 aliphatic heterocycles. The van der Waals surface area contributed by atoms with Gasteiger partial charge in [0, 0.05) is 11.9 Å².